The van der Waals surface area contributed by atoms with Crippen LogP contribution >= 0.6 is 0 Å². The Kier molecular flexibility index (Phi) is 4.07. The average Bonchev–Trinajstić information content (AvgIpc) is 2.59. The van der Waals surface area contributed by atoms with Gasteiger partial charge in [0.25, 0.3) is 10.9 Å². The van der Waals surface area contributed by atoms with Gasteiger partial charge < -0.3 is 10.5 Å². The van der Waals surface area contributed by atoms with E-state index in [0.29, 0.717) is 5.75 Å². The van der Waals surface area contributed by atoms with E-state index in [0.717, 1.165) is 11.3 Å². The molecule has 3 aromatic carbocycles. The van der Waals surface area contributed by atoms with Crippen molar-refractivity contribution in [1.82, 2.24) is 0 Å². The normalized spacial score (nSPS) is 10.6. The number of anilines is 2. The molecule has 0 aromatic heterocycles. The highest BCUT2D eigenvalue weighted by Gasteiger charge is 2.17. The monoisotopic (exact) mass is 310 g/mol. The number of hydrogen-bond acceptors (Lipinski definition) is 6. The first-order valence-electron chi connectivity index (χ1n) is 6.93. The molecule has 3 rings (SSSR count). The Morgan fingerprint density at radius 3 is 2.39 bits per heavy atom. The molecule has 0 atom stereocenters. The zero-order chi connectivity index (χ0) is 16.2. The van der Waals surface area contributed by atoms with Crippen molar-refractivity contribution in [3.8, 4) is 11.5 Å². The molecule has 6 heteroatoms. The third-order valence-corrected chi connectivity index (χ3v) is 3.24. The Labute approximate surface area is 131 Å². The van der Waals surface area contributed by atoms with Crippen molar-refractivity contribution in [1.29, 1.82) is 0 Å². The van der Waals surface area contributed by atoms with E-state index in [-0.39, 0.29) is 18.0 Å². The Hall–Kier alpha value is -3.12. The molecule has 6 nitrogen and oxygen atoms in total. The third-order valence-electron chi connectivity index (χ3n) is 3.24. The lowest BCUT2D eigenvalue weighted by Crippen LogP contribution is -2.37. The second-order valence-electron chi connectivity index (χ2n) is 4.90. The number of nitrogens with one attached hydrogen (secondary N) is 1. The largest absolute Gasteiger partial charge is 0.457 e. The third kappa shape index (κ3) is 3.22. The first-order valence-corrected chi connectivity index (χ1v) is 6.93. The van der Waals surface area contributed by atoms with Crippen LogP contribution in [0.1, 0.15) is 5.56 Å². The Morgan fingerprint density at radius 2 is 1.65 bits per heavy atom. The van der Waals surface area contributed by atoms with E-state index in [1.807, 2.05) is 54.6 Å². The van der Waals surface area contributed by atoms with E-state index in [2.05, 4.69) is 5.48 Å². The van der Waals surface area contributed by atoms with Crippen LogP contribution in [0.5, 0.6) is 11.5 Å². The van der Waals surface area contributed by atoms with Gasteiger partial charge in [-0.25, -0.2) is 0 Å². The first-order chi connectivity index (χ1) is 11.1. The fourth-order valence-corrected chi connectivity index (χ4v) is 2.03. The maximum Gasteiger partial charge on any atom is 0.255 e. The second kappa shape index (κ2) is 6.33. The number of hydrogen-bond donors (Lipinski definition) is 2. The molecule has 0 amide bonds. The van der Waals surface area contributed by atoms with Crippen molar-refractivity contribution < 1.29 is 9.57 Å². The molecule has 0 aliphatic carbocycles. The van der Waals surface area contributed by atoms with Gasteiger partial charge in [-0.15, -0.1) is 0 Å². The Morgan fingerprint density at radius 1 is 0.913 bits per heavy atom. The number of nitrogens with two attached hydrogens (primary N) is 1. The van der Waals surface area contributed by atoms with Crippen LogP contribution in [0.25, 0.3) is 0 Å². The van der Waals surface area contributed by atoms with Crippen LogP contribution in [-0.4, -0.2) is 0 Å². The van der Waals surface area contributed by atoms with Gasteiger partial charge in [0.1, 0.15) is 22.9 Å². The SMILES string of the molecule is Nc1c(NOCc2cccc(Oc3ccccc3)c2)c(=O)c1=O. The van der Waals surface area contributed by atoms with Crippen molar-refractivity contribution in [2.75, 3.05) is 11.2 Å². The van der Waals surface area contributed by atoms with Gasteiger partial charge in [-0.2, -0.15) is 0 Å². The average molecular weight is 310 g/mol. The van der Waals surface area contributed by atoms with Crippen LogP contribution in [0.4, 0.5) is 11.4 Å². The van der Waals surface area contributed by atoms with Crippen molar-refractivity contribution in [3.05, 3.63) is 80.6 Å². The minimum absolute atomic E-state index is 0.00619. The molecule has 0 saturated carbocycles. The lowest BCUT2D eigenvalue weighted by atomic mass is 10.2. The van der Waals surface area contributed by atoms with E-state index in [4.69, 9.17) is 15.3 Å². The molecule has 0 fully saturated rings. The van der Waals surface area contributed by atoms with Crippen molar-refractivity contribution in [2.45, 2.75) is 6.61 Å². The van der Waals surface area contributed by atoms with Crippen LogP contribution in [0.2, 0.25) is 0 Å². The summed E-state index contributed by atoms with van der Waals surface area (Å²) in [4.78, 5) is 27.4. The summed E-state index contributed by atoms with van der Waals surface area (Å²) >= 11 is 0. The first kappa shape index (κ1) is 14.8. The summed E-state index contributed by atoms with van der Waals surface area (Å²) in [5.74, 6) is 1.41. The van der Waals surface area contributed by atoms with Crippen LogP contribution < -0.4 is 26.8 Å². The molecule has 0 radical (unpaired) electrons. The quantitative estimate of drug-likeness (QED) is 0.536. The van der Waals surface area contributed by atoms with Gasteiger partial charge in [-0.3, -0.25) is 19.9 Å². The minimum atomic E-state index is -0.686. The van der Waals surface area contributed by atoms with Crippen LogP contribution in [0, 0.1) is 0 Å². The van der Waals surface area contributed by atoms with Crippen LogP contribution in [0.3, 0.4) is 0 Å². The van der Waals surface area contributed by atoms with Crippen LogP contribution in [-0.2, 0) is 11.4 Å². The van der Waals surface area contributed by atoms with Gasteiger partial charge in [-0.1, -0.05) is 30.3 Å². The van der Waals surface area contributed by atoms with Crippen LogP contribution in [0.15, 0.2) is 64.2 Å². The van der Waals surface area contributed by atoms with E-state index in [1.54, 1.807) is 0 Å². The Bertz CT molecular complexity index is 883. The maximum atomic E-state index is 11.2. The Balaban J connectivity index is 1.60. The van der Waals surface area contributed by atoms with E-state index in [1.165, 1.54) is 0 Å². The zero-order valence-corrected chi connectivity index (χ0v) is 12.1. The molecule has 0 bridgehead atoms. The molecule has 116 valence electrons. The maximum absolute atomic E-state index is 11.2. The summed E-state index contributed by atoms with van der Waals surface area (Å²) < 4.78 is 5.72. The summed E-state index contributed by atoms with van der Waals surface area (Å²) in [6.07, 6.45) is 0. The molecular weight excluding hydrogens is 296 g/mol. The number of nitrogen functional groups attached to an aromatic ring is 1. The number of rotatable bonds is 6. The fraction of sp³-hybridized carbons (Fsp3) is 0.0588. The fourth-order valence-electron chi connectivity index (χ4n) is 2.03. The lowest BCUT2D eigenvalue weighted by molar-refractivity contribution is 0.179. The molecule has 0 spiro atoms. The molecule has 0 aliphatic rings. The highest BCUT2D eigenvalue weighted by Crippen LogP contribution is 2.22. The van der Waals surface area contributed by atoms with E-state index < -0.39 is 10.9 Å². The highest BCUT2D eigenvalue weighted by atomic mass is 16.6. The predicted molar refractivity (Wildman–Crippen MR) is 87.1 cm³/mol. The van der Waals surface area contributed by atoms with Crippen molar-refractivity contribution in [3.63, 3.8) is 0 Å². The molecule has 3 aromatic rings. The topological polar surface area (TPSA) is 90.7 Å². The molecule has 0 saturated heterocycles. The molecule has 0 heterocycles. The number of para-hydroxylation sites is 1. The van der Waals surface area contributed by atoms with Gasteiger partial charge in [0, 0.05) is 0 Å². The predicted octanol–water partition coefficient (Wildman–Crippen LogP) is 2.20. The summed E-state index contributed by atoms with van der Waals surface area (Å²) in [5, 5.41) is 0. The summed E-state index contributed by atoms with van der Waals surface area (Å²) in [7, 11) is 0. The highest BCUT2D eigenvalue weighted by molar-refractivity contribution is 5.70. The van der Waals surface area contributed by atoms with E-state index >= 15 is 0 Å². The zero-order valence-electron chi connectivity index (χ0n) is 12.1. The van der Waals surface area contributed by atoms with E-state index in [9.17, 15) is 9.59 Å². The number of ether oxygens (including phenoxy) is 1. The molecule has 23 heavy (non-hydrogen) atoms. The van der Waals surface area contributed by atoms with Gasteiger partial charge in [0.05, 0.1) is 6.61 Å². The second-order valence-corrected chi connectivity index (χ2v) is 4.90. The van der Waals surface area contributed by atoms with Gasteiger partial charge in [0.2, 0.25) is 0 Å². The molecular formula is C17H14N2O4. The summed E-state index contributed by atoms with van der Waals surface area (Å²) in [6, 6.07) is 16.8. The standard InChI is InChI=1S/C17H14N2O4/c18-14-15(17(21)16(14)20)19-22-10-11-5-4-8-13(9-11)23-12-6-2-1-3-7-12/h1-9,19H,10,18H2. The molecule has 3 N–H and O–H groups in total. The smallest absolute Gasteiger partial charge is 0.255 e. The van der Waals surface area contributed by atoms with Crippen molar-refractivity contribution >= 4 is 11.4 Å². The summed E-state index contributed by atoms with van der Waals surface area (Å²) in [5.41, 5.74) is 7.20. The lowest BCUT2D eigenvalue weighted by Gasteiger charge is -2.11. The summed E-state index contributed by atoms with van der Waals surface area (Å²) in [6.45, 7) is 0.185. The number of benzene rings is 2. The van der Waals surface area contributed by atoms with Crippen molar-refractivity contribution in [2.24, 2.45) is 0 Å². The molecule has 0 unspecified atom stereocenters. The van der Waals surface area contributed by atoms with Gasteiger partial charge in [0.15, 0.2) is 0 Å². The van der Waals surface area contributed by atoms with Gasteiger partial charge >= 0.3 is 0 Å². The minimum Gasteiger partial charge on any atom is -0.457 e. The van der Waals surface area contributed by atoms with Gasteiger partial charge in [-0.05, 0) is 29.8 Å². The molecule has 0 aliphatic heterocycles.